The van der Waals surface area contributed by atoms with Crippen LogP contribution in [0.5, 0.6) is 0 Å². The molecule has 1 atom stereocenters. The van der Waals surface area contributed by atoms with Crippen LogP contribution in [-0.2, 0) is 0 Å². The van der Waals surface area contributed by atoms with E-state index >= 15 is 0 Å². The Morgan fingerprint density at radius 2 is 1.73 bits per heavy atom. The SMILES string of the molecule is CN=C(NC1CCC(C)CC1)NC1CCN(CC(F)(F)F)C1. The quantitative estimate of drug-likeness (QED) is 0.619. The fraction of sp³-hybridized carbons (Fsp3) is 0.933. The smallest absolute Gasteiger partial charge is 0.354 e. The van der Waals surface area contributed by atoms with Crippen molar-refractivity contribution in [2.24, 2.45) is 10.9 Å². The minimum atomic E-state index is -4.12. The molecule has 2 N–H and O–H groups in total. The summed E-state index contributed by atoms with van der Waals surface area (Å²) in [6.07, 6.45) is 1.31. The first-order valence-corrected chi connectivity index (χ1v) is 8.14. The van der Waals surface area contributed by atoms with Gasteiger partial charge in [0.25, 0.3) is 0 Å². The zero-order valence-electron chi connectivity index (χ0n) is 13.4. The first-order chi connectivity index (χ1) is 10.4. The highest BCUT2D eigenvalue weighted by Crippen LogP contribution is 2.23. The second-order valence-corrected chi connectivity index (χ2v) is 6.65. The van der Waals surface area contributed by atoms with E-state index in [1.54, 1.807) is 7.05 Å². The normalized spacial score (nSPS) is 31.3. The summed E-state index contributed by atoms with van der Waals surface area (Å²) < 4.78 is 37.2. The Labute approximate surface area is 130 Å². The third-order valence-corrected chi connectivity index (χ3v) is 4.60. The predicted molar refractivity (Wildman–Crippen MR) is 82.0 cm³/mol. The number of guanidine groups is 1. The monoisotopic (exact) mass is 320 g/mol. The zero-order valence-corrected chi connectivity index (χ0v) is 13.4. The molecule has 1 aliphatic heterocycles. The van der Waals surface area contributed by atoms with E-state index in [0.717, 1.165) is 31.1 Å². The maximum atomic E-state index is 12.4. The molecule has 1 saturated heterocycles. The molecule has 7 heteroatoms. The Balaban J connectivity index is 1.75. The second-order valence-electron chi connectivity index (χ2n) is 6.65. The first kappa shape index (κ1) is 17.4. The van der Waals surface area contributed by atoms with Crippen molar-refractivity contribution in [2.45, 2.75) is 57.3 Å². The lowest BCUT2D eigenvalue weighted by molar-refractivity contribution is -0.143. The van der Waals surface area contributed by atoms with E-state index in [9.17, 15) is 13.2 Å². The van der Waals surface area contributed by atoms with Crippen molar-refractivity contribution in [3.63, 3.8) is 0 Å². The van der Waals surface area contributed by atoms with Crippen molar-refractivity contribution in [1.82, 2.24) is 15.5 Å². The van der Waals surface area contributed by atoms with Crippen molar-refractivity contribution >= 4 is 5.96 Å². The summed E-state index contributed by atoms with van der Waals surface area (Å²) in [7, 11) is 1.71. The average Bonchev–Trinajstić information content (AvgIpc) is 2.85. The number of alkyl halides is 3. The topological polar surface area (TPSA) is 39.7 Å². The number of halogens is 3. The molecule has 128 valence electrons. The summed E-state index contributed by atoms with van der Waals surface area (Å²) in [5.74, 6) is 1.51. The molecule has 0 spiro atoms. The molecular weight excluding hydrogens is 293 g/mol. The van der Waals surface area contributed by atoms with E-state index in [1.807, 2.05) is 0 Å². The summed E-state index contributed by atoms with van der Waals surface area (Å²) in [6.45, 7) is 2.35. The molecule has 2 rings (SSSR count). The van der Waals surface area contributed by atoms with E-state index in [2.05, 4.69) is 22.5 Å². The molecule has 0 aromatic rings. The summed E-state index contributed by atoms with van der Waals surface area (Å²) in [6, 6.07) is 0.464. The molecule has 1 saturated carbocycles. The number of hydrogen-bond acceptors (Lipinski definition) is 2. The fourth-order valence-electron chi connectivity index (χ4n) is 3.31. The van der Waals surface area contributed by atoms with Gasteiger partial charge >= 0.3 is 6.18 Å². The van der Waals surface area contributed by atoms with Gasteiger partial charge in [0, 0.05) is 32.2 Å². The summed E-state index contributed by atoms with van der Waals surface area (Å²) >= 11 is 0. The van der Waals surface area contributed by atoms with Crippen LogP contribution < -0.4 is 10.6 Å². The third-order valence-electron chi connectivity index (χ3n) is 4.60. The largest absolute Gasteiger partial charge is 0.401 e. The van der Waals surface area contributed by atoms with Gasteiger partial charge in [-0.25, -0.2) is 0 Å². The van der Waals surface area contributed by atoms with E-state index in [4.69, 9.17) is 0 Å². The lowest BCUT2D eigenvalue weighted by atomic mass is 9.87. The third kappa shape index (κ3) is 5.66. The van der Waals surface area contributed by atoms with Crippen LogP contribution in [0.25, 0.3) is 0 Å². The highest BCUT2D eigenvalue weighted by molar-refractivity contribution is 5.80. The summed E-state index contributed by atoms with van der Waals surface area (Å²) in [5, 5.41) is 6.68. The van der Waals surface area contributed by atoms with Gasteiger partial charge in [0.05, 0.1) is 6.54 Å². The number of nitrogens with zero attached hydrogens (tertiary/aromatic N) is 2. The van der Waals surface area contributed by atoms with Crippen molar-refractivity contribution in [3.05, 3.63) is 0 Å². The van der Waals surface area contributed by atoms with Crippen molar-refractivity contribution in [1.29, 1.82) is 0 Å². The number of rotatable bonds is 3. The van der Waals surface area contributed by atoms with Gasteiger partial charge in [-0.15, -0.1) is 0 Å². The Morgan fingerprint density at radius 3 is 2.32 bits per heavy atom. The lowest BCUT2D eigenvalue weighted by Gasteiger charge is -2.29. The van der Waals surface area contributed by atoms with E-state index < -0.39 is 12.7 Å². The van der Waals surface area contributed by atoms with Gasteiger partial charge in [-0.3, -0.25) is 9.89 Å². The Hall–Kier alpha value is -0.980. The zero-order chi connectivity index (χ0) is 16.2. The molecule has 4 nitrogen and oxygen atoms in total. The number of hydrogen-bond donors (Lipinski definition) is 2. The average molecular weight is 320 g/mol. The molecule has 0 amide bonds. The van der Waals surface area contributed by atoms with Gasteiger partial charge in [0.2, 0.25) is 0 Å². The first-order valence-electron chi connectivity index (χ1n) is 8.14. The van der Waals surface area contributed by atoms with E-state index in [-0.39, 0.29) is 6.04 Å². The van der Waals surface area contributed by atoms with E-state index in [0.29, 0.717) is 19.1 Å². The van der Waals surface area contributed by atoms with Crippen molar-refractivity contribution < 1.29 is 13.2 Å². The number of aliphatic imine (C=N–C) groups is 1. The predicted octanol–water partition coefficient (Wildman–Crippen LogP) is 2.37. The summed E-state index contributed by atoms with van der Waals surface area (Å²) in [4.78, 5) is 5.67. The highest BCUT2D eigenvalue weighted by atomic mass is 19.4. The Bertz CT molecular complexity index is 375. The van der Waals surface area contributed by atoms with Crippen LogP contribution in [0.4, 0.5) is 13.2 Å². The van der Waals surface area contributed by atoms with Gasteiger partial charge in [-0.2, -0.15) is 13.2 Å². The fourth-order valence-corrected chi connectivity index (χ4v) is 3.31. The van der Waals surface area contributed by atoms with E-state index in [1.165, 1.54) is 17.7 Å². The van der Waals surface area contributed by atoms with Gasteiger partial charge in [-0.05, 0) is 38.0 Å². The molecule has 0 aromatic carbocycles. The van der Waals surface area contributed by atoms with Crippen LogP contribution >= 0.6 is 0 Å². The molecular formula is C15H27F3N4. The van der Waals surface area contributed by atoms with Gasteiger partial charge < -0.3 is 10.6 Å². The molecule has 0 aromatic heterocycles. The van der Waals surface area contributed by atoms with Crippen LogP contribution in [0.1, 0.15) is 39.0 Å². The molecule has 22 heavy (non-hydrogen) atoms. The lowest BCUT2D eigenvalue weighted by Crippen LogP contribution is -2.49. The molecule has 0 radical (unpaired) electrons. The molecule has 2 aliphatic rings. The van der Waals surface area contributed by atoms with Gasteiger partial charge in [-0.1, -0.05) is 6.92 Å². The minimum absolute atomic E-state index is 0.0380. The van der Waals surface area contributed by atoms with Crippen LogP contribution in [-0.4, -0.2) is 55.8 Å². The second kappa shape index (κ2) is 7.53. The van der Waals surface area contributed by atoms with Gasteiger partial charge in [0.1, 0.15) is 0 Å². The standard InChI is InChI=1S/C15H27F3N4/c1-11-3-5-12(6-4-11)20-14(19-2)21-13-7-8-22(9-13)10-15(16,17)18/h11-13H,3-10H2,1-2H3,(H2,19,20,21). The number of nitrogens with one attached hydrogen (secondary N) is 2. The molecule has 0 bridgehead atoms. The Morgan fingerprint density at radius 1 is 1.09 bits per heavy atom. The van der Waals surface area contributed by atoms with Crippen LogP contribution in [0.2, 0.25) is 0 Å². The minimum Gasteiger partial charge on any atom is -0.354 e. The maximum Gasteiger partial charge on any atom is 0.401 e. The molecule has 1 unspecified atom stereocenters. The molecule has 2 fully saturated rings. The number of likely N-dealkylation sites (tertiary alicyclic amines) is 1. The van der Waals surface area contributed by atoms with Crippen LogP contribution in [0, 0.1) is 5.92 Å². The van der Waals surface area contributed by atoms with Crippen LogP contribution in [0.3, 0.4) is 0 Å². The summed E-state index contributed by atoms with van der Waals surface area (Å²) in [5.41, 5.74) is 0. The maximum absolute atomic E-state index is 12.4. The molecule has 1 heterocycles. The van der Waals surface area contributed by atoms with Gasteiger partial charge in [0.15, 0.2) is 5.96 Å². The van der Waals surface area contributed by atoms with Crippen molar-refractivity contribution in [2.75, 3.05) is 26.7 Å². The highest BCUT2D eigenvalue weighted by Gasteiger charge is 2.34. The van der Waals surface area contributed by atoms with Crippen LogP contribution in [0.15, 0.2) is 4.99 Å². The van der Waals surface area contributed by atoms with Crippen molar-refractivity contribution in [3.8, 4) is 0 Å². The Kier molecular flexibility index (Phi) is 5.94. The molecule has 1 aliphatic carbocycles.